The van der Waals surface area contributed by atoms with Crippen LogP contribution >= 0.6 is 0 Å². The van der Waals surface area contributed by atoms with Crippen molar-refractivity contribution in [3.05, 3.63) is 54.6 Å². The lowest BCUT2D eigenvalue weighted by Gasteiger charge is -2.31. The average molecular weight is 899 g/mol. The molecule has 3 amide bonds. The molecule has 3 aliphatic heterocycles. The van der Waals surface area contributed by atoms with Crippen molar-refractivity contribution in [2.75, 3.05) is 26.2 Å². The van der Waals surface area contributed by atoms with Crippen LogP contribution in [0.1, 0.15) is 115 Å². The fraction of sp³-hybridized carbons (Fsp3) is 0.633. The molecule has 15 heteroatoms. The van der Waals surface area contributed by atoms with Crippen LogP contribution < -0.4 is 14.2 Å². The van der Waals surface area contributed by atoms with Crippen LogP contribution in [0.3, 0.4) is 0 Å². The van der Waals surface area contributed by atoms with Gasteiger partial charge in [-0.1, -0.05) is 43.2 Å². The smallest absolute Gasteiger partial charge is 0.306 e. The first-order chi connectivity index (χ1) is 30.9. The number of ether oxygens (including phenoxy) is 3. The number of hydrogen-bond acceptors (Lipinski definition) is 11. The van der Waals surface area contributed by atoms with Crippen LogP contribution in [0.25, 0.3) is 10.9 Å². The molecule has 6 fully saturated rings. The normalized spacial score (nSPS) is 30.7. The molecule has 0 radical (unpaired) electrons. The third kappa shape index (κ3) is 9.33. The van der Waals surface area contributed by atoms with E-state index in [4.69, 9.17) is 19.2 Å². The molecule has 9 rings (SSSR count). The van der Waals surface area contributed by atoms with E-state index in [0.29, 0.717) is 49.2 Å². The Hall–Kier alpha value is -4.79. The molecule has 2 aromatic rings. The minimum Gasteiger partial charge on any atom is -0.483 e. The quantitative estimate of drug-likeness (QED) is 0.202. The number of sulfonamides is 1. The lowest BCUT2D eigenvalue weighted by Crippen LogP contribution is -2.47. The largest absolute Gasteiger partial charge is 0.483 e. The summed E-state index contributed by atoms with van der Waals surface area (Å²) in [5.41, 5.74) is -0.0700. The number of benzene rings is 1. The minimum atomic E-state index is -3.88. The molecule has 1 aromatic heterocycles. The fourth-order valence-corrected chi connectivity index (χ4v) is 12.7. The summed E-state index contributed by atoms with van der Waals surface area (Å²) in [4.78, 5) is 79.4. The molecule has 1 N–H and O–H groups in total. The van der Waals surface area contributed by atoms with Gasteiger partial charge in [0.05, 0.1) is 46.7 Å². The first kappa shape index (κ1) is 44.4. The molecule has 7 aliphatic rings. The van der Waals surface area contributed by atoms with Gasteiger partial charge in [-0.15, -0.1) is 6.58 Å². The molecule has 4 saturated carbocycles. The van der Waals surface area contributed by atoms with E-state index in [1.807, 2.05) is 29.2 Å². The van der Waals surface area contributed by atoms with Crippen molar-refractivity contribution in [3.8, 4) is 11.6 Å². The van der Waals surface area contributed by atoms with E-state index in [1.165, 1.54) is 0 Å². The highest BCUT2D eigenvalue weighted by atomic mass is 32.2. The van der Waals surface area contributed by atoms with Gasteiger partial charge < -0.3 is 24.0 Å². The molecule has 344 valence electrons. The van der Waals surface area contributed by atoms with E-state index in [0.717, 1.165) is 76.0 Å². The number of aromatic nitrogens is 1. The third-order valence-electron chi connectivity index (χ3n) is 15.2. The van der Waals surface area contributed by atoms with Crippen molar-refractivity contribution in [2.45, 2.75) is 139 Å². The summed E-state index contributed by atoms with van der Waals surface area (Å²) < 4.78 is 47.7. The topological polar surface area (TPSA) is 179 Å². The summed E-state index contributed by atoms with van der Waals surface area (Å²) in [7, 11) is -3.88. The van der Waals surface area contributed by atoms with Gasteiger partial charge in [0.15, 0.2) is 12.4 Å². The van der Waals surface area contributed by atoms with Crippen molar-refractivity contribution < 1.29 is 46.6 Å². The lowest BCUT2D eigenvalue weighted by atomic mass is 9.86. The Bertz CT molecular complexity index is 2300. The van der Waals surface area contributed by atoms with Crippen molar-refractivity contribution in [1.82, 2.24) is 19.5 Å². The highest BCUT2D eigenvalue weighted by Gasteiger charge is 2.61. The molecule has 7 atom stereocenters. The van der Waals surface area contributed by atoms with Crippen LogP contribution in [0.4, 0.5) is 0 Å². The number of carbonyl (C=O) groups is 5. The Balaban J connectivity index is 1.07. The van der Waals surface area contributed by atoms with E-state index < -0.39 is 56.5 Å². The van der Waals surface area contributed by atoms with Crippen LogP contribution in [0, 0.1) is 29.1 Å². The number of allylic oxidation sites excluding steroid dienone is 3. The Morgan fingerprint density at radius 3 is 2.45 bits per heavy atom. The number of rotatable bonds is 11. The van der Waals surface area contributed by atoms with E-state index in [-0.39, 0.29) is 80.3 Å². The second-order valence-corrected chi connectivity index (χ2v) is 21.4. The number of amides is 3. The highest BCUT2D eigenvalue weighted by molar-refractivity contribution is 7.90. The number of nitrogens with zero attached hydrogens (tertiary/aromatic N) is 3. The Kier molecular flexibility index (Phi) is 12.9. The molecule has 14 nitrogen and oxygen atoms in total. The first-order valence-corrected chi connectivity index (χ1v) is 25.3. The van der Waals surface area contributed by atoms with Crippen LogP contribution in [-0.2, 0) is 45.2 Å². The van der Waals surface area contributed by atoms with Gasteiger partial charge in [-0.05, 0) is 113 Å². The number of pyridine rings is 1. The zero-order chi connectivity index (χ0) is 44.6. The van der Waals surface area contributed by atoms with E-state index in [2.05, 4.69) is 23.5 Å². The van der Waals surface area contributed by atoms with Crippen LogP contribution in [0.2, 0.25) is 0 Å². The Morgan fingerprint density at radius 2 is 1.70 bits per heavy atom. The minimum absolute atomic E-state index is 0.0196. The zero-order valence-corrected chi connectivity index (χ0v) is 37.6. The summed E-state index contributed by atoms with van der Waals surface area (Å²) in [6.07, 6.45) is 15.7. The first-order valence-electron chi connectivity index (χ1n) is 23.8. The van der Waals surface area contributed by atoms with E-state index in [1.54, 1.807) is 11.0 Å². The number of esters is 1. The number of likely N-dealkylation sites (tertiary alicyclic amines) is 1. The summed E-state index contributed by atoms with van der Waals surface area (Å²) in [6.45, 7) is 5.14. The van der Waals surface area contributed by atoms with E-state index >= 15 is 4.79 Å². The van der Waals surface area contributed by atoms with Gasteiger partial charge in [-0.25, -0.2) is 13.4 Å². The number of Topliss-reactive ketones (excluding diaryl/α,β-unsaturated/α-hetero) is 1. The number of para-hydroxylation sites is 1. The fourth-order valence-electron chi connectivity index (χ4n) is 11.3. The third-order valence-corrected chi connectivity index (χ3v) is 17.0. The zero-order valence-electron chi connectivity index (χ0n) is 36.8. The molecule has 2 bridgehead atoms. The molecule has 4 heterocycles. The van der Waals surface area contributed by atoms with Gasteiger partial charge in [0, 0.05) is 31.3 Å². The predicted octanol–water partition coefficient (Wildman–Crippen LogP) is 6.15. The maximum atomic E-state index is 15.2. The average Bonchev–Trinajstić information content (AvgIpc) is 3.85. The summed E-state index contributed by atoms with van der Waals surface area (Å²) in [6, 6.07) is 6.52. The van der Waals surface area contributed by atoms with Gasteiger partial charge in [-0.2, -0.15) is 0 Å². The molecule has 0 unspecified atom stereocenters. The second-order valence-electron chi connectivity index (χ2n) is 19.4. The number of hydrogen-bond donors (Lipinski definition) is 1. The number of carbonyl (C=O) groups excluding carboxylic acids is 5. The van der Waals surface area contributed by atoms with Crippen molar-refractivity contribution in [2.24, 2.45) is 29.1 Å². The van der Waals surface area contributed by atoms with Crippen molar-refractivity contribution in [3.63, 3.8) is 0 Å². The molecule has 4 aliphatic carbocycles. The SMILES string of the molecule is C=C[C@@H]1C[C@]1(CC(=O)[C@@H]1C[C@@H]2CN1C(=O)[C@H](C1CCCC1)CC(=O)O[C@@H]1CCC[C@H]1CC/C=C/Cc1c(nc3ccccc3c1OCC(=O)N1CCCC1)O2)C(=O)NS(=O)(=O)C1CC1. The maximum Gasteiger partial charge on any atom is 0.306 e. The van der Waals surface area contributed by atoms with Crippen LogP contribution in [0.5, 0.6) is 11.6 Å². The van der Waals surface area contributed by atoms with Crippen molar-refractivity contribution in [1.29, 1.82) is 0 Å². The second kappa shape index (κ2) is 18.6. The van der Waals surface area contributed by atoms with Gasteiger partial charge in [-0.3, -0.25) is 28.7 Å². The Morgan fingerprint density at radius 1 is 0.938 bits per heavy atom. The molecule has 64 heavy (non-hydrogen) atoms. The van der Waals surface area contributed by atoms with Gasteiger partial charge in [0.25, 0.3) is 5.91 Å². The maximum absolute atomic E-state index is 15.2. The standard InChI is InChI=1S/C49H62N4O10S/c1-2-33-27-49(33,48(58)51-64(59,60)35-21-22-35)28-41(54)40-25-34-29-53(40)47(57)38(31-13-6-7-14-31)26-44(56)63-42-20-12-16-32(42)15-4-3-5-18-37-45(61-30-43(55)52-23-10-11-24-52)36-17-8-9-19-39(36)50-46(37)62-34/h2-3,5,8-9,17,19,31-35,38,40,42H,1,4,6-7,10-16,18,20-30H2,(H,51,58)/b5-3+/t32-,33-,34-,38+,40+,42-,49-/m1/s1. The summed E-state index contributed by atoms with van der Waals surface area (Å²) in [5, 5.41) is 0.109. The monoisotopic (exact) mass is 898 g/mol. The number of ketones is 1. The van der Waals surface area contributed by atoms with Crippen molar-refractivity contribution >= 4 is 50.4 Å². The van der Waals surface area contributed by atoms with E-state index in [9.17, 15) is 27.6 Å². The van der Waals surface area contributed by atoms with Gasteiger partial charge >= 0.3 is 5.97 Å². The predicted molar refractivity (Wildman–Crippen MR) is 237 cm³/mol. The molecule has 2 saturated heterocycles. The lowest BCUT2D eigenvalue weighted by molar-refractivity contribution is -0.156. The molecular formula is C49H62N4O10S. The molecule has 0 spiro atoms. The van der Waals surface area contributed by atoms with Crippen LogP contribution in [0.15, 0.2) is 49.1 Å². The summed E-state index contributed by atoms with van der Waals surface area (Å²) in [5.74, 6) is -2.14. The highest BCUT2D eigenvalue weighted by Crippen LogP contribution is 2.57. The van der Waals surface area contributed by atoms with Crippen LogP contribution in [-0.4, -0.2) is 102 Å². The Labute approximate surface area is 375 Å². The number of nitrogens with one attached hydrogen (secondary N) is 1. The summed E-state index contributed by atoms with van der Waals surface area (Å²) >= 11 is 0. The van der Waals surface area contributed by atoms with Gasteiger partial charge in [0.2, 0.25) is 27.7 Å². The van der Waals surface area contributed by atoms with Gasteiger partial charge in [0.1, 0.15) is 18.0 Å². The number of fused-ring (bicyclic) bond motifs is 5. The molecule has 1 aromatic carbocycles. The molecular weight excluding hydrogens is 837 g/mol.